The Morgan fingerprint density at radius 3 is 1.21 bits per heavy atom. The smallest absolute Gasteiger partial charge is 0.234 e. The molecule has 82 valence electrons. The number of nitrogens with one attached hydrogen (secondary N) is 2. The molecule has 0 spiro atoms. The maximum atomic E-state index is 9.70. The van der Waals surface area contributed by atoms with Crippen LogP contribution in [0.25, 0.3) is 0 Å². The van der Waals surface area contributed by atoms with Crippen LogP contribution >= 0.6 is 0 Å². The zero-order valence-electron chi connectivity index (χ0n) is 9.17. The average molecular weight is 203 g/mol. The molecule has 0 aliphatic rings. The molecule has 6 nitrogen and oxygen atoms in total. The monoisotopic (exact) mass is 203 g/mol. The first-order chi connectivity index (χ1) is 6.45. The molecule has 14 heavy (non-hydrogen) atoms. The number of hydrogen-bond donors (Lipinski definition) is 2. The van der Waals surface area contributed by atoms with Crippen molar-refractivity contribution in [2.75, 3.05) is 21.1 Å². The Labute approximate surface area is 83.8 Å². The van der Waals surface area contributed by atoms with Gasteiger partial charge in [0.05, 0.1) is 0 Å². The van der Waals surface area contributed by atoms with Crippen molar-refractivity contribution in [1.82, 2.24) is 10.6 Å². The van der Waals surface area contributed by atoms with E-state index < -0.39 is 0 Å². The van der Waals surface area contributed by atoms with E-state index in [-0.39, 0.29) is 11.8 Å². The molecule has 0 unspecified atom stereocenters. The SMILES string of the molecule is CN=C=O.CNC(C)=O.CNC(C)=O. The van der Waals surface area contributed by atoms with Crippen LogP contribution in [0.2, 0.25) is 0 Å². The number of amides is 2. The number of hydrogen-bond acceptors (Lipinski definition) is 4. The Hall–Kier alpha value is -1.68. The zero-order valence-corrected chi connectivity index (χ0v) is 9.17. The predicted molar refractivity (Wildman–Crippen MR) is 53.5 cm³/mol. The molecule has 0 aliphatic heterocycles. The van der Waals surface area contributed by atoms with Crippen molar-refractivity contribution in [3.8, 4) is 0 Å². The molecule has 0 rings (SSSR count). The molecule has 0 saturated carbocycles. The standard InChI is InChI=1S/2C3H7NO.C2H3NO/c2*1-3(5)4-2;1-3-2-4/h2*1-2H3,(H,4,5);1H3. The number of isocyanates is 1. The van der Waals surface area contributed by atoms with Crippen molar-refractivity contribution >= 4 is 17.9 Å². The Balaban J connectivity index is -0.000000131. The quantitative estimate of drug-likeness (QED) is 0.409. The van der Waals surface area contributed by atoms with Gasteiger partial charge in [-0.05, 0) is 0 Å². The van der Waals surface area contributed by atoms with Crippen LogP contribution in [0.3, 0.4) is 0 Å². The van der Waals surface area contributed by atoms with E-state index in [0.717, 1.165) is 0 Å². The number of aliphatic imine (C=N–C) groups is 1. The third kappa shape index (κ3) is 81.3. The highest BCUT2D eigenvalue weighted by atomic mass is 16.1. The lowest BCUT2D eigenvalue weighted by Crippen LogP contribution is -2.11. The van der Waals surface area contributed by atoms with Gasteiger partial charge in [0.25, 0.3) is 0 Å². The molecule has 0 aromatic rings. The van der Waals surface area contributed by atoms with Gasteiger partial charge in [-0.1, -0.05) is 0 Å². The summed E-state index contributed by atoms with van der Waals surface area (Å²) in [6, 6.07) is 0. The molecule has 0 bridgehead atoms. The molecule has 0 fully saturated rings. The minimum Gasteiger partial charge on any atom is -0.359 e. The highest BCUT2D eigenvalue weighted by molar-refractivity contribution is 5.72. The Morgan fingerprint density at radius 2 is 1.21 bits per heavy atom. The molecule has 2 N–H and O–H groups in total. The van der Waals surface area contributed by atoms with Crippen LogP contribution in [0.4, 0.5) is 0 Å². The fourth-order valence-electron chi connectivity index (χ4n) is 0. The minimum atomic E-state index is 0.00463. The van der Waals surface area contributed by atoms with E-state index in [4.69, 9.17) is 4.79 Å². The summed E-state index contributed by atoms with van der Waals surface area (Å²) >= 11 is 0. The molecule has 2 amide bonds. The predicted octanol–water partition coefficient (Wildman–Crippen LogP) is -0.543. The van der Waals surface area contributed by atoms with E-state index in [1.807, 2.05) is 0 Å². The second-order valence-corrected chi connectivity index (χ2v) is 1.93. The number of nitrogens with zero attached hydrogens (tertiary/aromatic N) is 1. The van der Waals surface area contributed by atoms with Gasteiger partial charge >= 0.3 is 0 Å². The van der Waals surface area contributed by atoms with Crippen LogP contribution in [-0.2, 0) is 14.4 Å². The van der Waals surface area contributed by atoms with E-state index in [1.54, 1.807) is 14.1 Å². The van der Waals surface area contributed by atoms with Crippen molar-refractivity contribution < 1.29 is 14.4 Å². The summed E-state index contributed by atoms with van der Waals surface area (Å²) in [6.07, 6.45) is 1.31. The second kappa shape index (κ2) is 17.4. The normalized spacial score (nSPS) is 6.07. The topological polar surface area (TPSA) is 87.6 Å². The van der Waals surface area contributed by atoms with Gasteiger partial charge in [0, 0.05) is 35.0 Å². The summed E-state index contributed by atoms with van der Waals surface area (Å²) in [5.74, 6) is 0.00926. The van der Waals surface area contributed by atoms with Crippen molar-refractivity contribution in [2.24, 2.45) is 4.99 Å². The van der Waals surface area contributed by atoms with Gasteiger partial charge in [0.1, 0.15) is 0 Å². The zero-order chi connectivity index (χ0) is 12.0. The van der Waals surface area contributed by atoms with Gasteiger partial charge in [-0.25, -0.2) is 9.79 Å². The highest BCUT2D eigenvalue weighted by Gasteiger charge is 1.73. The second-order valence-electron chi connectivity index (χ2n) is 1.93. The number of rotatable bonds is 0. The van der Waals surface area contributed by atoms with Gasteiger partial charge in [-0.15, -0.1) is 0 Å². The third-order valence-corrected chi connectivity index (χ3v) is 0.795. The summed E-state index contributed by atoms with van der Waals surface area (Å²) < 4.78 is 0. The average Bonchev–Trinajstić information content (AvgIpc) is 2.19. The lowest BCUT2D eigenvalue weighted by Gasteiger charge is -1.80. The van der Waals surface area contributed by atoms with Crippen molar-refractivity contribution in [3.63, 3.8) is 0 Å². The van der Waals surface area contributed by atoms with Crippen LogP contribution in [0.5, 0.6) is 0 Å². The summed E-state index contributed by atoms with van der Waals surface area (Å²) in [6.45, 7) is 2.94. The van der Waals surface area contributed by atoms with Crippen molar-refractivity contribution in [1.29, 1.82) is 0 Å². The van der Waals surface area contributed by atoms with Crippen LogP contribution in [0.1, 0.15) is 13.8 Å². The number of carbonyl (C=O) groups is 2. The van der Waals surface area contributed by atoms with Crippen LogP contribution < -0.4 is 10.6 Å². The largest absolute Gasteiger partial charge is 0.359 e. The molecule has 6 heteroatoms. The van der Waals surface area contributed by atoms with Crippen molar-refractivity contribution in [2.45, 2.75) is 13.8 Å². The van der Waals surface area contributed by atoms with E-state index in [0.29, 0.717) is 0 Å². The van der Waals surface area contributed by atoms with Gasteiger partial charge in [-0.2, -0.15) is 0 Å². The van der Waals surface area contributed by atoms with Gasteiger partial charge in [0.2, 0.25) is 17.9 Å². The van der Waals surface area contributed by atoms with E-state index >= 15 is 0 Å². The molecule has 0 aliphatic carbocycles. The summed E-state index contributed by atoms with van der Waals surface area (Å²) in [4.78, 5) is 31.2. The van der Waals surface area contributed by atoms with Crippen LogP contribution in [0.15, 0.2) is 4.99 Å². The Bertz CT molecular complexity index is 184. The molecule has 0 radical (unpaired) electrons. The van der Waals surface area contributed by atoms with E-state index in [1.165, 1.54) is 27.0 Å². The Morgan fingerprint density at radius 1 is 1.07 bits per heavy atom. The number of carbonyl (C=O) groups excluding carboxylic acids is 3. The lowest BCUT2D eigenvalue weighted by molar-refractivity contribution is -0.119. The molecule has 0 aromatic heterocycles. The van der Waals surface area contributed by atoms with Gasteiger partial charge in [0.15, 0.2) is 0 Å². The molecular formula is C8H17N3O3. The molecule has 0 heterocycles. The summed E-state index contributed by atoms with van der Waals surface area (Å²) in [5.41, 5.74) is 0. The lowest BCUT2D eigenvalue weighted by atomic mass is 10.7. The highest BCUT2D eigenvalue weighted by Crippen LogP contribution is 1.45. The molecule has 0 atom stereocenters. The van der Waals surface area contributed by atoms with Crippen molar-refractivity contribution in [3.05, 3.63) is 0 Å². The van der Waals surface area contributed by atoms with Crippen LogP contribution in [0, 0.1) is 0 Å². The maximum Gasteiger partial charge on any atom is 0.234 e. The summed E-state index contributed by atoms with van der Waals surface area (Å²) in [7, 11) is 4.58. The first-order valence-electron chi connectivity index (χ1n) is 3.78. The van der Waals surface area contributed by atoms with E-state index in [2.05, 4.69) is 15.6 Å². The first kappa shape index (κ1) is 18.2. The minimum absolute atomic E-state index is 0.00463. The van der Waals surface area contributed by atoms with Gasteiger partial charge < -0.3 is 10.6 Å². The van der Waals surface area contributed by atoms with E-state index in [9.17, 15) is 9.59 Å². The Kier molecular flexibility index (Phi) is 22.6. The maximum absolute atomic E-state index is 9.70. The summed E-state index contributed by atoms with van der Waals surface area (Å²) in [5, 5.41) is 4.78. The molecule has 0 saturated heterocycles. The fourth-order valence-corrected chi connectivity index (χ4v) is 0. The molecule has 0 aromatic carbocycles. The first-order valence-corrected chi connectivity index (χ1v) is 3.78. The van der Waals surface area contributed by atoms with Gasteiger partial charge in [-0.3, -0.25) is 9.59 Å². The third-order valence-electron chi connectivity index (χ3n) is 0.795. The molecular weight excluding hydrogens is 186 g/mol. The van der Waals surface area contributed by atoms with Crippen LogP contribution in [-0.4, -0.2) is 39.0 Å². The fraction of sp³-hybridized carbons (Fsp3) is 0.625.